The van der Waals surface area contributed by atoms with Crippen molar-refractivity contribution in [1.29, 1.82) is 0 Å². The third-order valence-corrected chi connectivity index (χ3v) is 7.47. The van der Waals surface area contributed by atoms with Crippen molar-refractivity contribution in [3.63, 3.8) is 0 Å². The lowest BCUT2D eigenvalue weighted by atomic mass is 9.83. The Hall–Kier alpha value is -2.09. The normalized spacial score (nSPS) is 26.2. The van der Waals surface area contributed by atoms with Crippen molar-refractivity contribution in [3.8, 4) is 5.75 Å². The summed E-state index contributed by atoms with van der Waals surface area (Å²) in [4.78, 5) is 2.25. The molecule has 1 aliphatic carbocycles. The third-order valence-electron chi connectivity index (χ3n) is 6.74. The molecule has 2 aromatic carbocycles. The fraction of sp³-hybridized carbons (Fsp3) is 0.520. The number of nitrogens with one attached hydrogen (secondary N) is 1. The van der Waals surface area contributed by atoms with E-state index in [4.69, 9.17) is 9.47 Å². The molecule has 0 radical (unpaired) electrons. The molecule has 174 valence electrons. The molecule has 2 aliphatic rings. The van der Waals surface area contributed by atoms with E-state index < -0.39 is 10.0 Å². The Morgan fingerprint density at radius 2 is 1.75 bits per heavy atom. The Balaban J connectivity index is 1.41. The van der Waals surface area contributed by atoms with Crippen molar-refractivity contribution >= 4 is 15.7 Å². The average molecular weight is 459 g/mol. The number of rotatable bonds is 8. The maximum atomic E-state index is 12.0. The van der Waals surface area contributed by atoms with Crippen LogP contribution in [-0.4, -0.2) is 53.1 Å². The predicted molar refractivity (Wildman–Crippen MR) is 128 cm³/mol. The van der Waals surface area contributed by atoms with Gasteiger partial charge in [-0.3, -0.25) is 0 Å². The Morgan fingerprint density at radius 1 is 1.00 bits per heavy atom. The van der Waals surface area contributed by atoms with Crippen LogP contribution in [0.3, 0.4) is 0 Å². The Morgan fingerprint density at radius 3 is 2.44 bits per heavy atom. The van der Waals surface area contributed by atoms with Gasteiger partial charge in [0.05, 0.1) is 32.1 Å². The summed E-state index contributed by atoms with van der Waals surface area (Å²) in [7, 11) is -1.64. The van der Waals surface area contributed by atoms with Gasteiger partial charge in [-0.1, -0.05) is 36.4 Å². The number of sulfonamides is 1. The van der Waals surface area contributed by atoms with E-state index in [1.807, 2.05) is 24.3 Å². The highest BCUT2D eigenvalue weighted by atomic mass is 32.2. The number of benzene rings is 2. The summed E-state index contributed by atoms with van der Waals surface area (Å²) < 4.78 is 38.5. The van der Waals surface area contributed by atoms with Crippen molar-refractivity contribution in [3.05, 3.63) is 60.2 Å². The molecule has 7 heteroatoms. The molecule has 0 spiro atoms. The van der Waals surface area contributed by atoms with Crippen LogP contribution in [-0.2, 0) is 14.8 Å². The third kappa shape index (κ3) is 5.82. The van der Waals surface area contributed by atoms with Crippen LogP contribution in [0.5, 0.6) is 5.75 Å². The summed E-state index contributed by atoms with van der Waals surface area (Å²) in [5.74, 6) is 1.40. The molecule has 6 nitrogen and oxygen atoms in total. The van der Waals surface area contributed by atoms with Crippen molar-refractivity contribution in [2.45, 2.75) is 56.2 Å². The molecule has 2 aromatic rings. The van der Waals surface area contributed by atoms with Gasteiger partial charge in [0, 0.05) is 24.3 Å². The van der Waals surface area contributed by atoms with E-state index in [0.29, 0.717) is 12.5 Å². The molecule has 1 aliphatic heterocycles. The molecule has 2 fully saturated rings. The maximum Gasteiger partial charge on any atom is 0.209 e. The fourth-order valence-corrected chi connectivity index (χ4v) is 5.93. The smallest absolute Gasteiger partial charge is 0.209 e. The summed E-state index contributed by atoms with van der Waals surface area (Å²) >= 11 is 0. The zero-order valence-corrected chi connectivity index (χ0v) is 19.8. The SMILES string of the molecule is COc1cccc(N2CC[C@H](NS(C)(=O)=O)[C@@H]2CO[C@H]2CC[C@@H](c3ccccc3)CC2)c1. The number of methoxy groups -OCH3 is 1. The van der Waals surface area contributed by atoms with Crippen LogP contribution in [0, 0.1) is 0 Å². The van der Waals surface area contributed by atoms with E-state index in [9.17, 15) is 8.42 Å². The van der Waals surface area contributed by atoms with Crippen LogP contribution in [0.2, 0.25) is 0 Å². The molecule has 0 amide bonds. The maximum absolute atomic E-state index is 12.0. The van der Waals surface area contributed by atoms with Gasteiger partial charge in [0.25, 0.3) is 0 Å². The van der Waals surface area contributed by atoms with Gasteiger partial charge >= 0.3 is 0 Å². The molecule has 4 rings (SSSR count). The lowest BCUT2D eigenvalue weighted by Gasteiger charge is -2.34. The van der Waals surface area contributed by atoms with Crippen LogP contribution >= 0.6 is 0 Å². The minimum atomic E-state index is -3.30. The molecule has 1 saturated heterocycles. The average Bonchev–Trinajstić information content (AvgIpc) is 3.19. The Bertz CT molecular complexity index is 974. The highest BCUT2D eigenvalue weighted by molar-refractivity contribution is 7.88. The van der Waals surface area contributed by atoms with Gasteiger partial charge in [0.15, 0.2) is 0 Å². The second kappa shape index (κ2) is 10.2. The van der Waals surface area contributed by atoms with Gasteiger partial charge in [0.1, 0.15) is 5.75 Å². The molecule has 1 saturated carbocycles. The minimum absolute atomic E-state index is 0.0522. The van der Waals surface area contributed by atoms with Crippen molar-refractivity contribution in [2.75, 3.05) is 31.4 Å². The quantitative estimate of drug-likeness (QED) is 0.649. The van der Waals surface area contributed by atoms with Gasteiger partial charge in [-0.05, 0) is 55.7 Å². The van der Waals surface area contributed by atoms with E-state index in [2.05, 4.69) is 40.0 Å². The highest BCUT2D eigenvalue weighted by Crippen LogP contribution is 2.35. The number of ether oxygens (including phenoxy) is 2. The number of nitrogens with zero attached hydrogens (tertiary/aromatic N) is 1. The molecule has 0 bridgehead atoms. The number of anilines is 1. The second-order valence-electron chi connectivity index (χ2n) is 8.97. The van der Waals surface area contributed by atoms with Gasteiger partial charge in [-0.25, -0.2) is 13.1 Å². The van der Waals surface area contributed by atoms with Crippen LogP contribution < -0.4 is 14.4 Å². The zero-order chi connectivity index (χ0) is 22.6. The fourth-order valence-electron chi connectivity index (χ4n) is 5.10. The molecule has 2 atom stereocenters. The molecular formula is C25H34N2O4S. The van der Waals surface area contributed by atoms with E-state index in [1.165, 1.54) is 11.8 Å². The van der Waals surface area contributed by atoms with E-state index in [-0.39, 0.29) is 18.2 Å². The summed E-state index contributed by atoms with van der Waals surface area (Å²) in [6.45, 7) is 1.28. The van der Waals surface area contributed by atoms with Crippen molar-refractivity contribution in [1.82, 2.24) is 4.72 Å². The lowest BCUT2D eigenvalue weighted by molar-refractivity contribution is 0.0157. The first-order chi connectivity index (χ1) is 15.4. The first-order valence-corrected chi connectivity index (χ1v) is 13.4. The summed E-state index contributed by atoms with van der Waals surface area (Å²) in [6.07, 6.45) is 6.53. The Kier molecular flexibility index (Phi) is 7.38. The minimum Gasteiger partial charge on any atom is -0.497 e. The van der Waals surface area contributed by atoms with Crippen LogP contribution in [0.1, 0.15) is 43.6 Å². The first-order valence-electron chi connectivity index (χ1n) is 11.5. The standard InChI is InChI=1S/C25H34N2O4S/c1-30-23-10-6-9-21(17-23)27-16-15-24(26-32(2,28)29)25(27)18-31-22-13-11-20(12-14-22)19-7-4-3-5-8-19/h3-10,17,20,22,24-26H,11-16,18H2,1-2H3/t20-,22+,24-,25-/m0/s1. The van der Waals surface area contributed by atoms with Crippen LogP contribution in [0.25, 0.3) is 0 Å². The summed E-state index contributed by atoms with van der Waals surface area (Å²) in [5, 5.41) is 0. The highest BCUT2D eigenvalue weighted by Gasteiger charge is 2.37. The molecule has 32 heavy (non-hydrogen) atoms. The lowest BCUT2D eigenvalue weighted by Crippen LogP contribution is -2.48. The number of hydrogen-bond acceptors (Lipinski definition) is 5. The van der Waals surface area contributed by atoms with Crippen molar-refractivity contribution in [2.24, 2.45) is 0 Å². The van der Waals surface area contributed by atoms with Gasteiger partial charge in [0.2, 0.25) is 10.0 Å². The first kappa shape index (κ1) is 23.1. The monoisotopic (exact) mass is 458 g/mol. The van der Waals surface area contributed by atoms with E-state index in [0.717, 1.165) is 50.1 Å². The Labute approximate surface area is 192 Å². The molecule has 1 N–H and O–H groups in total. The molecule has 0 aromatic heterocycles. The van der Waals surface area contributed by atoms with Crippen LogP contribution in [0.15, 0.2) is 54.6 Å². The van der Waals surface area contributed by atoms with Gasteiger partial charge < -0.3 is 14.4 Å². The largest absolute Gasteiger partial charge is 0.497 e. The molecule has 0 unspecified atom stereocenters. The summed E-state index contributed by atoms with van der Waals surface area (Å²) in [5.41, 5.74) is 2.45. The van der Waals surface area contributed by atoms with Gasteiger partial charge in [-0.2, -0.15) is 0 Å². The molecular weight excluding hydrogens is 424 g/mol. The second-order valence-corrected chi connectivity index (χ2v) is 10.7. The zero-order valence-electron chi connectivity index (χ0n) is 18.9. The van der Waals surface area contributed by atoms with E-state index >= 15 is 0 Å². The number of hydrogen-bond donors (Lipinski definition) is 1. The van der Waals surface area contributed by atoms with Crippen LogP contribution in [0.4, 0.5) is 5.69 Å². The van der Waals surface area contributed by atoms with E-state index in [1.54, 1.807) is 7.11 Å². The topological polar surface area (TPSA) is 67.9 Å². The van der Waals surface area contributed by atoms with Crippen molar-refractivity contribution < 1.29 is 17.9 Å². The molecule has 1 heterocycles. The summed E-state index contributed by atoms with van der Waals surface area (Å²) in [6, 6.07) is 18.4. The van der Waals surface area contributed by atoms with Gasteiger partial charge in [-0.15, -0.1) is 0 Å². The predicted octanol–water partition coefficient (Wildman–Crippen LogP) is 3.93.